The Kier molecular flexibility index (Phi) is 6.46. The van der Waals surface area contributed by atoms with E-state index in [1.54, 1.807) is 0 Å². The number of hydrogen-bond acceptors (Lipinski definition) is 3. The van der Waals surface area contributed by atoms with Crippen LogP contribution in [0.3, 0.4) is 0 Å². The molecule has 2 heterocycles. The maximum absolute atomic E-state index is 6.99. The van der Waals surface area contributed by atoms with Crippen molar-refractivity contribution in [3.05, 3.63) is 99.4 Å². The zero-order valence-corrected chi connectivity index (χ0v) is 30.0. The summed E-state index contributed by atoms with van der Waals surface area (Å²) in [5.41, 5.74) is 11.4. The lowest BCUT2D eigenvalue weighted by molar-refractivity contribution is 0.332. The van der Waals surface area contributed by atoms with Crippen LogP contribution in [0.25, 0.3) is 32.0 Å². The highest BCUT2D eigenvalue weighted by atomic mass is 35.5. The predicted octanol–water partition coefficient (Wildman–Crippen LogP) is 13.6. The van der Waals surface area contributed by atoms with Gasteiger partial charge in [-0.1, -0.05) is 91.3 Å². The van der Waals surface area contributed by atoms with E-state index in [1.807, 2.05) is 17.4 Å². The third kappa shape index (κ3) is 4.48. The lowest BCUT2D eigenvalue weighted by atomic mass is 9.63. The van der Waals surface area contributed by atoms with Crippen molar-refractivity contribution in [2.45, 2.75) is 103 Å². The zero-order valence-electron chi connectivity index (χ0n) is 28.4. The number of furan rings is 1. The fourth-order valence-electron chi connectivity index (χ4n) is 8.31. The van der Waals surface area contributed by atoms with Gasteiger partial charge in [-0.15, -0.1) is 11.3 Å². The highest BCUT2D eigenvalue weighted by Gasteiger charge is 2.39. The SMILES string of the molecule is CC1(C)CCC(C)(C)c2cc(N(c3csc4cc5c(cc34)C(C)(C)CCC5(C)C)c3cc(Cl)cc4c3oc3ccccc34)ccc21. The lowest BCUT2D eigenvalue weighted by Crippen LogP contribution is -2.34. The van der Waals surface area contributed by atoms with Crippen molar-refractivity contribution in [2.24, 2.45) is 0 Å². The summed E-state index contributed by atoms with van der Waals surface area (Å²) >= 11 is 8.83. The second-order valence-corrected chi connectivity index (χ2v) is 17.9. The quantitative estimate of drug-likeness (QED) is 0.190. The molecule has 8 rings (SSSR count). The molecule has 4 aromatic carbocycles. The number of fused-ring (bicyclic) bond motifs is 6. The molecule has 0 bridgehead atoms. The van der Waals surface area contributed by atoms with E-state index in [2.05, 4.69) is 126 Å². The van der Waals surface area contributed by atoms with Gasteiger partial charge in [0.15, 0.2) is 5.58 Å². The zero-order chi connectivity index (χ0) is 32.4. The minimum absolute atomic E-state index is 0.0843. The molecule has 2 aliphatic rings. The van der Waals surface area contributed by atoms with Crippen LogP contribution in [0.1, 0.15) is 103 Å². The van der Waals surface area contributed by atoms with Crippen LogP contribution in [-0.4, -0.2) is 0 Å². The molecule has 0 radical (unpaired) electrons. The average molecular weight is 646 g/mol. The number of halogens is 1. The summed E-state index contributed by atoms with van der Waals surface area (Å²) in [6.45, 7) is 19.3. The number of nitrogens with zero attached hydrogens (tertiary/aromatic N) is 1. The summed E-state index contributed by atoms with van der Waals surface area (Å²) in [6.07, 6.45) is 4.75. The van der Waals surface area contributed by atoms with Crippen LogP contribution in [0.15, 0.2) is 76.5 Å². The molecule has 2 aromatic heterocycles. The summed E-state index contributed by atoms with van der Waals surface area (Å²) in [5.74, 6) is 0. The molecule has 4 heteroatoms. The van der Waals surface area contributed by atoms with E-state index in [1.165, 1.54) is 63.7 Å². The highest BCUT2D eigenvalue weighted by Crippen LogP contribution is 2.53. The first kappa shape index (κ1) is 30.1. The third-order valence-corrected chi connectivity index (χ3v) is 12.7. The molecule has 0 spiro atoms. The molecule has 0 amide bonds. The van der Waals surface area contributed by atoms with Crippen LogP contribution in [-0.2, 0) is 21.7 Å². The molecule has 0 N–H and O–H groups in total. The first-order valence-electron chi connectivity index (χ1n) is 16.8. The Morgan fingerprint density at radius 3 is 1.91 bits per heavy atom. The molecule has 0 saturated carbocycles. The predicted molar refractivity (Wildman–Crippen MR) is 199 cm³/mol. The fourth-order valence-corrected chi connectivity index (χ4v) is 9.47. The van der Waals surface area contributed by atoms with E-state index in [-0.39, 0.29) is 21.7 Å². The Morgan fingerprint density at radius 1 is 0.609 bits per heavy atom. The van der Waals surface area contributed by atoms with Crippen molar-refractivity contribution in [3.8, 4) is 0 Å². The van der Waals surface area contributed by atoms with E-state index in [9.17, 15) is 0 Å². The molecule has 2 aliphatic carbocycles. The van der Waals surface area contributed by atoms with E-state index < -0.39 is 0 Å². The van der Waals surface area contributed by atoms with Crippen molar-refractivity contribution >= 4 is 72.0 Å². The van der Waals surface area contributed by atoms with Gasteiger partial charge in [-0.25, -0.2) is 0 Å². The summed E-state index contributed by atoms with van der Waals surface area (Å²) in [7, 11) is 0. The minimum Gasteiger partial charge on any atom is -0.454 e. The highest BCUT2D eigenvalue weighted by molar-refractivity contribution is 7.17. The maximum atomic E-state index is 6.99. The standard InChI is InChI=1S/C42H44ClNOS/c1-39(2)15-16-40(3,4)31-21-26(13-14-30(31)39)44(34-20-25(43)19-28-27-11-9-10-12-36(27)45-38(28)34)35-24-46-37-23-33-32(22-29(35)37)41(5,6)17-18-42(33,7)8/h9-14,19-24H,15-18H2,1-8H3. The monoisotopic (exact) mass is 645 g/mol. The molecule has 236 valence electrons. The van der Waals surface area contributed by atoms with Crippen molar-refractivity contribution < 1.29 is 4.42 Å². The number of hydrogen-bond donors (Lipinski definition) is 0. The van der Waals surface area contributed by atoms with E-state index >= 15 is 0 Å². The van der Waals surface area contributed by atoms with Gasteiger partial charge in [0.25, 0.3) is 0 Å². The lowest BCUT2D eigenvalue weighted by Gasteiger charge is -2.42. The molecule has 0 atom stereocenters. The van der Waals surface area contributed by atoms with Crippen LogP contribution < -0.4 is 4.90 Å². The topological polar surface area (TPSA) is 16.4 Å². The molecule has 2 nitrogen and oxygen atoms in total. The second-order valence-electron chi connectivity index (χ2n) is 16.5. The number of thiophene rings is 1. The Labute approximate surface area is 282 Å². The van der Waals surface area contributed by atoms with Gasteiger partial charge in [0.2, 0.25) is 0 Å². The van der Waals surface area contributed by atoms with Crippen LogP contribution in [0.4, 0.5) is 17.1 Å². The molecular formula is C42H44ClNOS. The van der Waals surface area contributed by atoms with Gasteiger partial charge in [0.05, 0.1) is 11.4 Å². The van der Waals surface area contributed by atoms with Crippen LogP contribution in [0, 0.1) is 0 Å². The first-order chi connectivity index (χ1) is 21.7. The summed E-state index contributed by atoms with van der Waals surface area (Å²) < 4.78 is 8.02. The Hall–Kier alpha value is -3.27. The van der Waals surface area contributed by atoms with Gasteiger partial charge in [-0.05, 0) is 112 Å². The van der Waals surface area contributed by atoms with Crippen LogP contribution in [0.5, 0.6) is 0 Å². The van der Waals surface area contributed by atoms with Gasteiger partial charge < -0.3 is 9.32 Å². The summed E-state index contributed by atoms with van der Waals surface area (Å²) in [6, 6.07) is 24.6. The average Bonchev–Trinajstić information content (AvgIpc) is 3.59. The van der Waals surface area contributed by atoms with Crippen molar-refractivity contribution in [1.82, 2.24) is 0 Å². The van der Waals surface area contributed by atoms with E-state index in [4.69, 9.17) is 16.0 Å². The Morgan fingerprint density at radius 2 is 1.22 bits per heavy atom. The maximum Gasteiger partial charge on any atom is 0.159 e. The Balaban J connectivity index is 1.45. The van der Waals surface area contributed by atoms with Crippen molar-refractivity contribution in [1.29, 1.82) is 0 Å². The summed E-state index contributed by atoms with van der Waals surface area (Å²) in [5, 5.41) is 6.47. The Bertz CT molecular complexity index is 2190. The van der Waals surface area contributed by atoms with Crippen LogP contribution in [0.2, 0.25) is 5.02 Å². The van der Waals surface area contributed by atoms with E-state index in [0.29, 0.717) is 5.02 Å². The summed E-state index contributed by atoms with van der Waals surface area (Å²) in [4.78, 5) is 2.43. The van der Waals surface area contributed by atoms with Crippen molar-refractivity contribution in [2.75, 3.05) is 4.90 Å². The van der Waals surface area contributed by atoms with Gasteiger partial charge in [-0.3, -0.25) is 0 Å². The van der Waals surface area contributed by atoms with E-state index in [0.717, 1.165) is 33.3 Å². The fraction of sp³-hybridized carbons (Fsp3) is 0.381. The second kappa shape index (κ2) is 9.87. The number of para-hydroxylation sites is 1. The number of anilines is 3. The van der Waals surface area contributed by atoms with Gasteiger partial charge in [0, 0.05) is 36.9 Å². The molecular weight excluding hydrogens is 602 g/mol. The molecule has 0 saturated heterocycles. The van der Waals surface area contributed by atoms with Crippen molar-refractivity contribution in [3.63, 3.8) is 0 Å². The minimum atomic E-state index is 0.0843. The van der Waals surface area contributed by atoms with Gasteiger partial charge >= 0.3 is 0 Å². The molecule has 6 aromatic rings. The first-order valence-corrected chi connectivity index (χ1v) is 18.0. The molecule has 46 heavy (non-hydrogen) atoms. The van der Waals surface area contributed by atoms with Gasteiger partial charge in [-0.2, -0.15) is 0 Å². The number of rotatable bonds is 3. The molecule has 0 aliphatic heterocycles. The smallest absolute Gasteiger partial charge is 0.159 e. The van der Waals surface area contributed by atoms with Gasteiger partial charge in [0.1, 0.15) is 5.58 Å². The number of benzene rings is 4. The molecule has 0 unspecified atom stereocenters. The molecule has 0 fully saturated rings. The largest absolute Gasteiger partial charge is 0.454 e. The van der Waals surface area contributed by atoms with Crippen LogP contribution >= 0.6 is 22.9 Å². The normalized spacial score (nSPS) is 19.3. The third-order valence-electron chi connectivity index (χ3n) is 11.5.